The Morgan fingerprint density at radius 1 is 1.43 bits per heavy atom. The van der Waals surface area contributed by atoms with Crippen molar-refractivity contribution in [1.82, 2.24) is 14.5 Å². The van der Waals surface area contributed by atoms with Crippen LogP contribution in [-0.4, -0.2) is 39.2 Å². The van der Waals surface area contributed by atoms with E-state index in [1.54, 1.807) is 21.6 Å². The molecule has 0 fully saturated rings. The van der Waals surface area contributed by atoms with Crippen LogP contribution in [0.5, 0.6) is 0 Å². The van der Waals surface area contributed by atoms with E-state index in [4.69, 9.17) is 0 Å². The second kappa shape index (κ2) is 7.64. The molecule has 6 heteroatoms. The fourth-order valence-corrected chi connectivity index (χ4v) is 3.89. The third-order valence-corrected chi connectivity index (χ3v) is 5.10. The van der Waals surface area contributed by atoms with Crippen LogP contribution in [0.3, 0.4) is 0 Å². The van der Waals surface area contributed by atoms with E-state index in [1.807, 2.05) is 13.8 Å². The van der Waals surface area contributed by atoms with Crippen LogP contribution in [0, 0.1) is 12.8 Å². The van der Waals surface area contributed by atoms with Crippen molar-refractivity contribution in [2.75, 3.05) is 18.8 Å². The van der Waals surface area contributed by atoms with E-state index in [1.165, 1.54) is 11.8 Å². The van der Waals surface area contributed by atoms with Crippen LogP contribution in [0.1, 0.15) is 18.2 Å². The average Bonchev–Trinajstić information content (AvgIpc) is 2.54. The predicted molar refractivity (Wildman–Crippen MR) is 93.8 cm³/mol. The minimum absolute atomic E-state index is 0.0148. The number of carbonyl (C=O) groups excluding carboxylic acids is 1. The molecule has 1 aromatic rings. The lowest BCUT2D eigenvalue weighted by atomic mass is 10.1. The Morgan fingerprint density at radius 3 is 2.65 bits per heavy atom. The number of aromatic nitrogens is 2. The highest BCUT2D eigenvalue weighted by Crippen LogP contribution is 2.27. The number of thioether (sulfide) groups is 1. The second-order valence-electron chi connectivity index (χ2n) is 5.56. The molecule has 5 nitrogen and oxygen atoms in total. The summed E-state index contributed by atoms with van der Waals surface area (Å²) in [5, 5.41) is 0.716. The molecule has 2 heterocycles. The molecule has 124 valence electrons. The minimum atomic E-state index is -0.223. The molecular weight excluding hydrogens is 310 g/mol. The van der Waals surface area contributed by atoms with Gasteiger partial charge in [-0.3, -0.25) is 14.2 Å². The van der Waals surface area contributed by atoms with Crippen molar-refractivity contribution < 1.29 is 4.79 Å². The van der Waals surface area contributed by atoms with Crippen LogP contribution in [0.25, 0.3) is 0 Å². The highest BCUT2D eigenvalue weighted by molar-refractivity contribution is 7.99. The lowest BCUT2D eigenvalue weighted by molar-refractivity contribution is -0.134. The molecule has 0 saturated heterocycles. The first-order valence-corrected chi connectivity index (χ1v) is 8.75. The van der Waals surface area contributed by atoms with Gasteiger partial charge in [-0.1, -0.05) is 30.8 Å². The van der Waals surface area contributed by atoms with Gasteiger partial charge in [0.2, 0.25) is 5.91 Å². The van der Waals surface area contributed by atoms with E-state index >= 15 is 0 Å². The van der Waals surface area contributed by atoms with Gasteiger partial charge in [0.25, 0.3) is 5.56 Å². The van der Waals surface area contributed by atoms with E-state index < -0.39 is 0 Å². The zero-order valence-electron chi connectivity index (χ0n) is 13.7. The molecule has 1 atom stereocenters. The summed E-state index contributed by atoms with van der Waals surface area (Å²) in [6, 6.07) is 0. The van der Waals surface area contributed by atoms with Crippen molar-refractivity contribution in [1.29, 1.82) is 0 Å². The van der Waals surface area contributed by atoms with E-state index in [0.29, 0.717) is 37.0 Å². The number of amides is 1. The van der Waals surface area contributed by atoms with Crippen molar-refractivity contribution in [3.8, 4) is 0 Å². The van der Waals surface area contributed by atoms with Gasteiger partial charge >= 0.3 is 0 Å². The van der Waals surface area contributed by atoms with Gasteiger partial charge in [-0.05, 0) is 13.3 Å². The fourth-order valence-electron chi connectivity index (χ4n) is 2.78. The molecule has 1 aromatic heterocycles. The second-order valence-corrected chi connectivity index (χ2v) is 6.54. The Labute approximate surface area is 141 Å². The summed E-state index contributed by atoms with van der Waals surface area (Å²) in [4.78, 5) is 31.5. The molecule has 0 saturated carbocycles. The van der Waals surface area contributed by atoms with Gasteiger partial charge in [0, 0.05) is 36.6 Å². The topological polar surface area (TPSA) is 55.2 Å². The Kier molecular flexibility index (Phi) is 5.82. The maximum Gasteiger partial charge on any atom is 0.257 e. The van der Waals surface area contributed by atoms with E-state index in [2.05, 4.69) is 18.1 Å². The van der Waals surface area contributed by atoms with Gasteiger partial charge < -0.3 is 4.90 Å². The predicted octanol–water partition coefficient (Wildman–Crippen LogP) is 2.04. The Hall–Kier alpha value is -1.82. The number of carbonyl (C=O) groups is 1. The van der Waals surface area contributed by atoms with Crippen LogP contribution in [0.4, 0.5) is 0 Å². The summed E-state index contributed by atoms with van der Waals surface area (Å²) in [7, 11) is 0. The fraction of sp³-hybridized carbons (Fsp3) is 0.471. The van der Waals surface area contributed by atoms with Crippen molar-refractivity contribution in [2.24, 2.45) is 5.92 Å². The van der Waals surface area contributed by atoms with Crippen molar-refractivity contribution >= 4 is 17.7 Å². The van der Waals surface area contributed by atoms with Crippen LogP contribution < -0.4 is 5.56 Å². The highest BCUT2D eigenvalue weighted by atomic mass is 32.2. The third-order valence-electron chi connectivity index (χ3n) is 3.96. The summed E-state index contributed by atoms with van der Waals surface area (Å²) in [6.45, 7) is 12.6. The average molecular weight is 333 g/mol. The molecule has 23 heavy (non-hydrogen) atoms. The molecule has 0 N–H and O–H groups in total. The van der Waals surface area contributed by atoms with Gasteiger partial charge in [-0.2, -0.15) is 0 Å². The first kappa shape index (κ1) is 17.5. The molecule has 1 unspecified atom stereocenters. The van der Waals surface area contributed by atoms with E-state index in [0.717, 1.165) is 11.3 Å². The van der Waals surface area contributed by atoms with Crippen LogP contribution >= 0.6 is 11.8 Å². The van der Waals surface area contributed by atoms with Gasteiger partial charge in [-0.25, -0.2) is 4.98 Å². The quantitative estimate of drug-likeness (QED) is 0.590. The molecule has 1 aliphatic heterocycles. The normalized spacial score (nSPS) is 16.5. The van der Waals surface area contributed by atoms with Gasteiger partial charge in [0.1, 0.15) is 0 Å². The molecule has 0 bridgehead atoms. The minimum Gasteiger partial charge on any atom is -0.335 e. The molecule has 1 amide bonds. The highest BCUT2D eigenvalue weighted by Gasteiger charge is 2.30. The van der Waals surface area contributed by atoms with E-state index in [-0.39, 0.29) is 17.4 Å². The first-order chi connectivity index (χ1) is 11.0. The first-order valence-electron chi connectivity index (χ1n) is 7.77. The zero-order chi connectivity index (χ0) is 17.0. The number of fused-ring (bicyclic) bond motifs is 1. The molecular formula is C17H23N3O2S. The summed E-state index contributed by atoms with van der Waals surface area (Å²) in [6.07, 6.45) is 4.06. The third kappa shape index (κ3) is 3.58. The summed E-state index contributed by atoms with van der Waals surface area (Å²) < 4.78 is 1.66. The number of rotatable bonds is 6. The van der Waals surface area contributed by atoms with Gasteiger partial charge in [0.15, 0.2) is 5.16 Å². The number of hydrogen-bond donors (Lipinski definition) is 0. The lowest BCUT2D eigenvalue weighted by Gasteiger charge is -2.29. The molecule has 0 spiro atoms. The maximum absolute atomic E-state index is 12.7. The van der Waals surface area contributed by atoms with Gasteiger partial charge in [-0.15, -0.1) is 13.2 Å². The Bertz CT molecular complexity index is 671. The monoisotopic (exact) mass is 333 g/mol. The van der Waals surface area contributed by atoms with E-state index in [9.17, 15) is 9.59 Å². The number of aryl methyl sites for hydroxylation is 1. The summed E-state index contributed by atoms with van der Waals surface area (Å²) >= 11 is 1.48. The number of nitrogens with zero attached hydrogens (tertiary/aromatic N) is 3. The number of hydrogen-bond acceptors (Lipinski definition) is 4. The Morgan fingerprint density at radius 2 is 2.09 bits per heavy atom. The molecule has 0 aliphatic carbocycles. The largest absolute Gasteiger partial charge is 0.335 e. The lowest BCUT2D eigenvalue weighted by Crippen LogP contribution is -2.43. The summed E-state index contributed by atoms with van der Waals surface area (Å²) in [5.74, 6) is 0.453. The zero-order valence-corrected chi connectivity index (χ0v) is 14.6. The maximum atomic E-state index is 12.7. The van der Waals surface area contributed by atoms with Gasteiger partial charge in [0.05, 0.1) is 5.92 Å². The van der Waals surface area contributed by atoms with Crippen molar-refractivity contribution in [3.05, 3.63) is 46.9 Å². The molecule has 2 rings (SSSR count). The van der Waals surface area contributed by atoms with Crippen LogP contribution in [0.15, 0.2) is 35.3 Å². The standard InChI is InChI=1S/C17H23N3O2S/c1-5-8-19(9-6-2)15(21)13-10-20-16(22)14(7-3)12(4)18-17(20)23-11-13/h5-6,13H,1-2,7-11H2,3-4H3. The summed E-state index contributed by atoms with van der Waals surface area (Å²) in [5.41, 5.74) is 1.51. The van der Waals surface area contributed by atoms with Crippen LogP contribution in [0.2, 0.25) is 0 Å². The van der Waals surface area contributed by atoms with Crippen molar-refractivity contribution in [2.45, 2.75) is 32.0 Å². The Balaban J connectivity index is 2.29. The van der Waals surface area contributed by atoms with Crippen molar-refractivity contribution in [3.63, 3.8) is 0 Å². The molecule has 0 radical (unpaired) electrons. The smallest absolute Gasteiger partial charge is 0.257 e. The molecule has 0 aromatic carbocycles. The van der Waals surface area contributed by atoms with Crippen LogP contribution in [-0.2, 0) is 17.8 Å². The SMILES string of the molecule is C=CCN(CC=C)C(=O)C1CSc2nc(C)c(CC)c(=O)n2C1. The molecule has 1 aliphatic rings.